The molecule has 14 heavy (non-hydrogen) atoms. The lowest BCUT2D eigenvalue weighted by Gasteiger charge is -1.94. The molecule has 0 aromatic carbocycles. The molecule has 0 spiro atoms. The molecule has 2 heterocycles. The van der Waals surface area contributed by atoms with E-state index in [1.807, 2.05) is 0 Å². The fraction of sp³-hybridized carbons (Fsp3) is 0.111. The van der Waals surface area contributed by atoms with Crippen LogP contribution in [0.25, 0.3) is 11.3 Å². The molecule has 0 atom stereocenters. The minimum Gasteiger partial charge on any atom is -0.481 e. The van der Waals surface area contributed by atoms with Gasteiger partial charge >= 0.3 is 5.97 Å². The van der Waals surface area contributed by atoms with Gasteiger partial charge in [0.05, 0.1) is 24.4 Å². The highest BCUT2D eigenvalue weighted by Gasteiger charge is 2.13. The van der Waals surface area contributed by atoms with Crippen LogP contribution < -0.4 is 0 Å². The summed E-state index contributed by atoms with van der Waals surface area (Å²) < 4.78 is 9.79. The lowest BCUT2D eigenvalue weighted by atomic mass is 10.1. The number of nitrogens with zero attached hydrogens (tertiary/aromatic N) is 1. The van der Waals surface area contributed by atoms with Crippen molar-refractivity contribution in [3.05, 3.63) is 30.4 Å². The number of furan rings is 1. The third-order valence-corrected chi connectivity index (χ3v) is 1.78. The van der Waals surface area contributed by atoms with E-state index in [2.05, 4.69) is 9.68 Å². The Labute approximate surface area is 78.9 Å². The van der Waals surface area contributed by atoms with E-state index < -0.39 is 5.97 Å². The molecule has 0 fully saturated rings. The van der Waals surface area contributed by atoms with Crippen molar-refractivity contribution in [2.45, 2.75) is 6.42 Å². The van der Waals surface area contributed by atoms with Gasteiger partial charge in [-0.25, -0.2) is 0 Å². The van der Waals surface area contributed by atoms with Crippen LogP contribution in [0.1, 0.15) is 5.56 Å². The van der Waals surface area contributed by atoms with E-state index in [0.29, 0.717) is 16.9 Å². The fourth-order valence-corrected chi connectivity index (χ4v) is 1.21. The molecule has 72 valence electrons. The van der Waals surface area contributed by atoms with Gasteiger partial charge in [0.25, 0.3) is 0 Å². The molecule has 0 unspecified atom stereocenters. The molecule has 2 aromatic rings. The van der Waals surface area contributed by atoms with Crippen LogP contribution in [0.2, 0.25) is 0 Å². The van der Waals surface area contributed by atoms with Crippen LogP contribution in [0.15, 0.2) is 33.7 Å². The zero-order chi connectivity index (χ0) is 9.97. The van der Waals surface area contributed by atoms with Crippen molar-refractivity contribution >= 4 is 5.97 Å². The largest absolute Gasteiger partial charge is 0.481 e. The molecule has 5 nitrogen and oxygen atoms in total. The van der Waals surface area contributed by atoms with Crippen LogP contribution >= 0.6 is 0 Å². The minimum atomic E-state index is -0.899. The van der Waals surface area contributed by atoms with E-state index in [0.717, 1.165) is 0 Å². The minimum absolute atomic E-state index is 0.0724. The van der Waals surface area contributed by atoms with E-state index in [1.165, 1.54) is 18.7 Å². The number of carbonyl (C=O) groups is 1. The lowest BCUT2D eigenvalue weighted by molar-refractivity contribution is -0.136. The molecule has 0 aliphatic rings. The number of hydrogen-bond acceptors (Lipinski definition) is 4. The number of rotatable bonds is 3. The highest BCUT2D eigenvalue weighted by molar-refractivity contribution is 5.74. The van der Waals surface area contributed by atoms with Gasteiger partial charge in [0.1, 0.15) is 12.0 Å². The summed E-state index contributed by atoms with van der Waals surface area (Å²) in [6.45, 7) is 0. The summed E-state index contributed by atoms with van der Waals surface area (Å²) in [6.07, 6.45) is 4.26. The first-order chi connectivity index (χ1) is 6.77. The van der Waals surface area contributed by atoms with Gasteiger partial charge in [0.2, 0.25) is 0 Å². The monoisotopic (exact) mass is 193 g/mol. The van der Waals surface area contributed by atoms with Gasteiger partial charge in [-0.05, 0) is 6.07 Å². The van der Waals surface area contributed by atoms with Crippen molar-refractivity contribution in [3.8, 4) is 11.3 Å². The molecule has 0 saturated carbocycles. The number of carboxylic acids is 1. The Morgan fingerprint density at radius 2 is 2.43 bits per heavy atom. The quantitative estimate of drug-likeness (QED) is 0.800. The standard InChI is InChI=1S/C9H7NO4/c11-8(12)3-6-1-2-13-9(6)7-4-10-14-5-7/h1-2,4-5H,3H2,(H,11,12). The molecule has 0 bridgehead atoms. The topological polar surface area (TPSA) is 76.5 Å². The van der Waals surface area contributed by atoms with E-state index in [9.17, 15) is 4.79 Å². The smallest absolute Gasteiger partial charge is 0.307 e. The second-order valence-electron chi connectivity index (χ2n) is 2.76. The Kier molecular flexibility index (Phi) is 2.06. The Hall–Kier alpha value is -2.04. The predicted octanol–water partition coefficient (Wildman–Crippen LogP) is 1.56. The SMILES string of the molecule is O=C(O)Cc1ccoc1-c1cnoc1. The average molecular weight is 193 g/mol. The second kappa shape index (κ2) is 3.37. The summed E-state index contributed by atoms with van der Waals surface area (Å²) in [5.74, 6) is -0.405. The maximum Gasteiger partial charge on any atom is 0.307 e. The molecule has 0 aliphatic carbocycles. The molecule has 0 amide bonds. The van der Waals surface area contributed by atoms with Crippen molar-refractivity contribution < 1.29 is 18.8 Å². The molecule has 0 saturated heterocycles. The van der Waals surface area contributed by atoms with Gasteiger partial charge < -0.3 is 14.0 Å². The third kappa shape index (κ3) is 1.52. The van der Waals surface area contributed by atoms with Crippen LogP contribution in [0.5, 0.6) is 0 Å². The fourth-order valence-electron chi connectivity index (χ4n) is 1.21. The number of aliphatic carboxylic acids is 1. The first kappa shape index (κ1) is 8.55. The molecule has 2 rings (SSSR count). The van der Waals surface area contributed by atoms with Gasteiger partial charge in [-0.15, -0.1) is 0 Å². The average Bonchev–Trinajstić information content (AvgIpc) is 2.70. The Balaban J connectivity index is 2.35. The Morgan fingerprint density at radius 1 is 1.57 bits per heavy atom. The highest BCUT2D eigenvalue weighted by Crippen LogP contribution is 2.24. The molecular formula is C9H7NO4. The normalized spacial score (nSPS) is 10.3. The van der Waals surface area contributed by atoms with E-state index in [4.69, 9.17) is 9.52 Å². The van der Waals surface area contributed by atoms with Crippen LogP contribution in [-0.2, 0) is 11.2 Å². The summed E-state index contributed by atoms with van der Waals surface area (Å²) in [7, 11) is 0. The van der Waals surface area contributed by atoms with Crippen LogP contribution in [0, 0.1) is 0 Å². The predicted molar refractivity (Wildman–Crippen MR) is 45.5 cm³/mol. The highest BCUT2D eigenvalue weighted by atomic mass is 16.5. The number of hydrogen-bond donors (Lipinski definition) is 1. The van der Waals surface area contributed by atoms with Crippen molar-refractivity contribution in [3.63, 3.8) is 0 Å². The summed E-state index contributed by atoms with van der Waals surface area (Å²) in [4.78, 5) is 10.5. The van der Waals surface area contributed by atoms with Crippen LogP contribution in [-0.4, -0.2) is 16.2 Å². The summed E-state index contributed by atoms with van der Waals surface area (Å²) in [5, 5.41) is 12.1. The maximum atomic E-state index is 10.5. The van der Waals surface area contributed by atoms with Gasteiger partial charge in [0.15, 0.2) is 0 Å². The molecule has 0 radical (unpaired) electrons. The summed E-state index contributed by atoms with van der Waals surface area (Å²) in [6, 6.07) is 1.62. The first-order valence-electron chi connectivity index (χ1n) is 3.95. The molecule has 0 aliphatic heterocycles. The number of aromatic nitrogens is 1. The zero-order valence-corrected chi connectivity index (χ0v) is 7.14. The third-order valence-electron chi connectivity index (χ3n) is 1.78. The van der Waals surface area contributed by atoms with Gasteiger partial charge in [-0.3, -0.25) is 4.79 Å². The van der Waals surface area contributed by atoms with E-state index in [1.54, 1.807) is 6.07 Å². The van der Waals surface area contributed by atoms with Crippen LogP contribution in [0.3, 0.4) is 0 Å². The summed E-state index contributed by atoms with van der Waals surface area (Å²) in [5.41, 5.74) is 1.26. The van der Waals surface area contributed by atoms with E-state index in [-0.39, 0.29) is 6.42 Å². The van der Waals surface area contributed by atoms with Gasteiger partial charge in [0, 0.05) is 5.56 Å². The lowest BCUT2D eigenvalue weighted by Crippen LogP contribution is -1.99. The van der Waals surface area contributed by atoms with Crippen molar-refractivity contribution in [1.82, 2.24) is 5.16 Å². The Bertz CT molecular complexity index is 429. The molecule has 5 heteroatoms. The molecule has 1 N–H and O–H groups in total. The van der Waals surface area contributed by atoms with Crippen molar-refractivity contribution in [2.75, 3.05) is 0 Å². The van der Waals surface area contributed by atoms with Gasteiger partial charge in [-0.1, -0.05) is 5.16 Å². The van der Waals surface area contributed by atoms with E-state index >= 15 is 0 Å². The summed E-state index contributed by atoms with van der Waals surface area (Å²) >= 11 is 0. The maximum absolute atomic E-state index is 10.5. The van der Waals surface area contributed by atoms with Crippen molar-refractivity contribution in [2.24, 2.45) is 0 Å². The zero-order valence-electron chi connectivity index (χ0n) is 7.14. The van der Waals surface area contributed by atoms with Gasteiger partial charge in [-0.2, -0.15) is 0 Å². The first-order valence-corrected chi connectivity index (χ1v) is 3.95. The molecule has 2 aromatic heterocycles. The second-order valence-corrected chi connectivity index (χ2v) is 2.76. The molecular weight excluding hydrogens is 186 g/mol. The number of carboxylic acid groups (broad SMARTS) is 1. The van der Waals surface area contributed by atoms with Crippen LogP contribution in [0.4, 0.5) is 0 Å². The Morgan fingerprint density at radius 3 is 3.07 bits per heavy atom. The van der Waals surface area contributed by atoms with Crippen molar-refractivity contribution in [1.29, 1.82) is 0 Å².